The summed E-state index contributed by atoms with van der Waals surface area (Å²) >= 11 is 0. The van der Waals surface area contributed by atoms with Crippen molar-refractivity contribution >= 4 is 12.2 Å². The van der Waals surface area contributed by atoms with Crippen LogP contribution in [0.2, 0.25) is 0 Å². The van der Waals surface area contributed by atoms with Gasteiger partial charge in [-0.15, -0.1) is 0 Å². The van der Waals surface area contributed by atoms with Gasteiger partial charge in [0.25, 0.3) is 0 Å². The van der Waals surface area contributed by atoms with E-state index in [4.69, 9.17) is 0 Å². The third-order valence-electron chi connectivity index (χ3n) is 3.62. The van der Waals surface area contributed by atoms with Crippen molar-refractivity contribution < 1.29 is 4.57 Å². The lowest BCUT2D eigenvalue weighted by molar-refractivity contribution is -0.673. The lowest BCUT2D eigenvalue weighted by Crippen LogP contribution is -2.32. The first-order chi connectivity index (χ1) is 9.20. The van der Waals surface area contributed by atoms with E-state index in [1.54, 1.807) is 0 Å². The fraction of sp³-hybridized carbons (Fsp3) is 0.278. The Morgan fingerprint density at radius 2 is 1.79 bits per heavy atom. The monoisotopic (exact) mass is 252 g/mol. The topological polar surface area (TPSA) is 3.88 Å². The van der Waals surface area contributed by atoms with Crippen molar-refractivity contribution in [1.82, 2.24) is 0 Å². The maximum atomic E-state index is 2.27. The SMILES string of the molecule is CCC(C)c1ccc(C=Cc2ccccc2)[n+](C)c1. The largest absolute Gasteiger partial charge is 0.204 e. The molecule has 0 N–H and O–H groups in total. The van der Waals surface area contributed by atoms with Crippen LogP contribution in [0.25, 0.3) is 12.2 Å². The van der Waals surface area contributed by atoms with Crippen molar-refractivity contribution in [3.05, 3.63) is 65.5 Å². The Labute approximate surface area is 116 Å². The predicted octanol–water partition coefficient (Wildman–Crippen LogP) is 4.20. The second kappa shape index (κ2) is 6.33. The van der Waals surface area contributed by atoms with Gasteiger partial charge >= 0.3 is 0 Å². The first-order valence-corrected chi connectivity index (χ1v) is 6.93. The van der Waals surface area contributed by atoms with Crippen molar-refractivity contribution in [3.63, 3.8) is 0 Å². The molecule has 19 heavy (non-hydrogen) atoms. The van der Waals surface area contributed by atoms with E-state index >= 15 is 0 Å². The summed E-state index contributed by atoms with van der Waals surface area (Å²) in [6.07, 6.45) is 7.73. The van der Waals surface area contributed by atoms with Crippen LogP contribution in [0.3, 0.4) is 0 Å². The number of hydrogen-bond donors (Lipinski definition) is 0. The van der Waals surface area contributed by atoms with Crippen molar-refractivity contribution in [2.45, 2.75) is 26.2 Å². The predicted molar refractivity (Wildman–Crippen MR) is 81.7 cm³/mol. The summed E-state index contributed by atoms with van der Waals surface area (Å²) in [5, 5.41) is 0. The van der Waals surface area contributed by atoms with Gasteiger partial charge < -0.3 is 0 Å². The smallest absolute Gasteiger partial charge is 0.201 e. The molecule has 2 aromatic rings. The van der Waals surface area contributed by atoms with Crippen LogP contribution in [0.5, 0.6) is 0 Å². The van der Waals surface area contributed by atoms with E-state index in [1.165, 1.54) is 23.2 Å². The van der Waals surface area contributed by atoms with Crippen molar-refractivity contribution in [3.8, 4) is 0 Å². The molecule has 0 amide bonds. The van der Waals surface area contributed by atoms with Gasteiger partial charge in [0.2, 0.25) is 5.69 Å². The molecule has 0 aliphatic rings. The molecular formula is C18H22N+. The first kappa shape index (κ1) is 13.5. The van der Waals surface area contributed by atoms with Crippen molar-refractivity contribution in [2.75, 3.05) is 0 Å². The first-order valence-electron chi connectivity index (χ1n) is 6.93. The number of nitrogens with zero attached hydrogens (tertiary/aromatic N) is 1. The second-order valence-electron chi connectivity index (χ2n) is 5.05. The van der Waals surface area contributed by atoms with Gasteiger partial charge in [-0.3, -0.25) is 0 Å². The van der Waals surface area contributed by atoms with Crippen molar-refractivity contribution in [2.24, 2.45) is 7.05 Å². The van der Waals surface area contributed by atoms with Gasteiger partial charge in [-0.2, -0.15) is 0 Å². The number of pyridine rings is 1. The Hall–Kier alpha value is -1.89. The number of hydrogen-bond acceptors (Lipinski definition) is 0. The fourth-order valence-electron chi connectivity index (χ4n) is 2.09. The van der Waals surface area contributed by atoms with Gasteiger partial charge in [0.1, 0.15) is 7.05 Å². The van der Waals surface area contributed by atoms with Gasteiger partial charge in [0.05, 0.1) is 0 Å². The molecule has 0 radical (unpaired) electrons. The summed E-state index contributed by atoms with van der Waals surface area (Å²) in [6.45, 7) is 4.50. The highest BCUT2D eigenvalue weighted by atomic mass is 14.9. The van der Waals surface area contributed by atoms with Crippen LogP contribution in [0.1, 0.15) is 43.0 Å². The lowest BCUT2D eigenvalue weighted by Gasteiger charge is -2.07. The van der Waals surface area contributed by atoms with Gasteiger partial charge in [0, 0.05) is 17.7 Å². The molecule has 1 nitrogen and oxygen atoms in total. The summed E-state index contributed by atoms with van der Waals surface area (Å²) in [4.78, 5) is 0. The molecule has 1 unspecified atom stereocenters. The van der Waals surface area contributed by atoms with E-state index in [1.807, 2.05) is 6.07 Å². The van der Waals surface area contributed by atoms with E-state index in [-0.39, 0.29) is 0 Å². The quantitative estimate of drug-likeness (QED) is 0.718. The molecule has 0 saturated heterocycles. The van der Waals surface area contributed by atoms with Crippen LogP contribution in [0, 0.1) is 0 Å². The van der Waals surface area contributed by atoms with Crippen LogP contribution >= 0.6 is 0 Å². The van der Waals surface area contributed by atoms with Crippen LogP contribution in [-0.2, 0) is 7.05 Å². The average molecular weight is 252 g/mol. The second-order valence-corrected chi connectivity index (χ2v) is 5.05. The molecule has 0 fully saturated rings. The van der Waals surface area contributed by atoms with E-state index in [0.717, 1.165) is 0 Å². The Morgan fingerprint density at radius 3 is 2.42 bits per heavy atom. The lowest BCUT2D eigenvalue weighted by atomic mass is 10.0. The normalized spacial score (nSPS) is 12.8. The molecular weight excluding hydrogens is 230 g/mol. The highest BCUT2D eigenvalue weighted by Gasteiger charge is 2.09. The molecule has 1 aromatic carbocycles. The van der Waals surface area contributed by atoms with Gasteiger partial charge in [-0.25, -0.2) is 4.57 Å². The minimum absolute atomic E-state index is 0.623. The van der Waals surface area contributed by atoms with Crippen LogP contribution < -0.4 is 4.57 Å². The zero-order chi connectivity index (χ0) is 13.7. The summed E-state index contributed by atoms with van der Waals surface area (Å²) in [5.74, 6) is 0.623. The zero-order valence-corrected chi connectivity index (χ0v) is 12.0. The molecule has 0 bridgehead atoms. The number of aromatic nitrogens is 1. The molecule has 1 heterocycles. The maximum absolute atomic E-state index is 2.27. The number of aryl methyl sites for hydroxylation is 1. The van der Waals surface area contributed by atoms with E-state index in [2.05, 4.69) is 80.2 Å². The van der Waals surface area contributed by atoms with E-state index < -0.39 is 0 Å². The Balaban J connectivity index is 2.20. The average Bonchev–Trinajstić information content (AvgIpc) is 2.46. The Kier molecular flexibility index (Phi) is 4.51. The molecule has 1 aromatic heterocycles. The molecule has 2 rings (SSSR count). The molecule has 0 spiro atoms. The third kappa shape index (κ3) is 3.54. The molecule has 1 heteroatoms. The van der Waals surface area contributed by atoms with Crippen LogP contribution in [0.15, 0.2) is 48.7 Å². The number of benzene rings is 1. The highest BCUT2D eigenvalue weighted by Crippen LogP contribution is 2.17. The van der Waals surface area contributed by atoms with Crippen molar-refractivity contribution in [1.29, 1.82) is 0 Å². The third-order valence-corrected chi connectivity index (χ3v) is 3.62. The molecule has 0 aliphatic heterocycles. The Morgan fingerprint density at radius 1 is 1.05 bits per heavy atom. The molecule has 1 atom stereocenters. The fourth-order valence-corrected chi connectivity index (χ4v) is 2.09. The number of rotatable bonds is 4. The summed E-state index contributed by atoms with van der Waals surface area (Å²) < 4.78 is 2.20. The minimum atomic E-state index is 0.623. The summed E-state index contributed by atoms with van der Waals surface area (Å²) in [7, 11) is 2.11. The summed E-state index contributed by atoms with van der Waals surface area (Å²) in [5.41, 5.74) is 3.85. The highest BCUT2D eigenvalue weighted by molar-refractivity contribution is 5.66. The zero-order valence-electron chi connectivity index (χ0n) is 12.0. The van der Waals surface area contributed by atoms with Gasteiger partial charge in [0.15, 0.2) is 6.20 Å². The molecule has 0 saturated carbocycles. The minimum Gasteiger partial charge on any atom is -0.201 e. The Bertz CT molecular complexity index is 555. The molecule has 98 valence electrons. The van der Waals surface area contributed by atoms with Gasteiger partial charge in [-0.1, -0.05) is 44.2 Å². The molecule has 0 aliphatic carbocycles. The summed E-state index contributed by atoms with van der Waals surface area (Å²) in [6, 6.07) is 14.8. The van der Waals surface area contributed by atoms with Crippen LogP contribution in [-0.4, -0.2) is 0 Å². The standard InChI is InChI=1S/C18H22N/c1-4-15(2)17-11-13-18(19(3)14-17)12-10-16-8-6-5-7-9-16/h5-15H,4H2,1-3H3/q+1. The maximum Gasteiger partial charge on any atom is 0.204 e. The van der Waals surface area contributed by atoms with E-state index in [0.29, 0.717) is 5.92 Å². The van der Waals surface area contributed by atoms with Crippen LogP contribution in [0.4, 0.5) is 0 Å². The van der Waals surface area contributed by atoms with E-state index in [9.17, 15) is 0 Å². The van der Waals surface area contributed by atoms with Gasteiger partial charge in [-0.05, 0) is 30.0 Å².